The Bertz CT molecular complexity index is 977. The quantitative estimate of drug-likeness (QED) is 0.440. The van der Waals surface area contributed by atoms with E-state index in [1.807, 2.05) is 13.8 Å². The van der Waals surface area contributed by atoms with Crippen molar-refractivity contribution in [1.82, 2.24) is 20.4 Å². The molecule has 0 radical (unpaired) electrons. The first-order chi connectivity index (χ1) is 16.9. The number of amides is 5. The van der Waals surface area contributed by atoms with Gasteiger partial charge in [0.2, 0.25) is 23.6 Å². The van der Waals surface area contributed by atoms with Crippen LogP contribution in [0.4, 0.5) is 13.2 Å². The lowest BCUT2D eigenvalue weighted by Gasteiger charge is -2.38. The van der Waals surface area contributed by atoms with Crippen LogP contribution in [0, 0.1) is 22.7 Å². The highest BCUT2D eigenvalue weighted by atomic mass is 19.4. The summed E-state index contributed by atoms with van der Waals surface area (Å²) in [5, 5.41) is 4.38. The van der Waals surface area contributed by atoms with Gasteiger partial charge in [0.25, 0.3) is 0 Å². The van der Waals surface area contributed by atoms with Crippen LogP contribution in [-0.2, 0) is 24.0 Å². The van der Waals surface area contributed by atoms with E-state index in [2.05, 4.69) is 5.32 Å². The Morgan fingerprint density at radius 1 is 1.11 bits per heavy atom. The standard InChI is InChI=1S/C24H36F3N5O5/c1-22(2,3)17(30-21(37)24(25,26)27)20(36)32-10-12-15(23(12,4)5)16(32)19(35)29-13(18(28)34)11-31-9-7-6-8-14(31)33/h12-13,15-17H,6-11H2,1-5H3,(H2,28,34)(H,29,35)(H,30,37)/t12-,13?,15-,16-,17?/m0/s1. The van der Waals surface area contributed by atoms with Crippen molar-refractivity contribution in [3.63, 3.8) is 0 Å². The fourth-order valence-corrected chi connectivity index (χ4v) is 5.58. The van der Waals surface area contributed by atoms with Gasteiger partial charge in [0.15, 0.2) is 0 Å². The van der Waals surface area contributed by atoms with Crippen molar-refractivity contribution in [2.75, 3.05) is 19.6 Å². The minimum Gasteiger partial charge on any atom is -0.368 e. The summed E-state index contributed by atoms with van der Waals surface area (Å²) in [6.07, 6.45) is -3.36. The van der Waals surface area contributed by atoms with Gasteiger partial charge in [-0.3, -0.25) is 24.0 Å². The Labute approximate surface area is 213 Å². The molecule has 208 valence electrons. The number of nitrogens with two attached hydrogens (primary N) is 1. The van der Waals surface area contributed by atoms with Crippen LogP contribution in [0.25, 0.3) is 0 Å². The number of fused-ring (bicyclic) bond motifs is 1. The lowest BCUT2D eigenvalue weighted by molar-refractivity contribution is -0.176. The predicted molar refractivity (Wildman–Crippen MR) is 125 cm³/mol. The maximum absolute atomic E-state index is 13.5. The van der Waals surface area contributed by atoms with Crippen molar-refractivity contribution in [2.24, 2.45) is 28.4 Å². The number of carbonyl (C=O) groups excluding carboxylic acids is 5. The zero-order valence-corrected chi connectivity index (χ0v) is 21.8. The third-order valence-electron chi connectivity index (χ3n) is 7.89. The summed E-state index contributed by atoms with van der Waals surface area (Å²) in [5.74, 6) is -5.10. The second-order valence-corrected chi connectivity index (χ2v) is 11.9. The molecule has 3 rings (SSSR count). The van der Waals surface area contributed by atoms with Crippen molar-refractivity contribution < 1.29 is 37.1 Å². The molecular formula is C24H36F3N5O5. The summed E-state index contributed by atoms with van der Waals surface area (Å²) in [4.78, 5) is 65.8. The minimum atomic E-state index is -5.18. The van der Waals surface area contributed by atoms with Crippen molar-refractivity contribution >= 4 is 29.5 Å². The lowest BCUT2D eigenvalue weighted by Crippen LogP contribution is -2.62. The summed E-state index contributed by atoms with van der Waals surface area (Å²) < 4.78 is 38.9. The molecule has 10 nitrogen and oxygen atoms in total. The molecule has 0 aromatic rings. The monoisotopic (exact) mass is 531 g/mol. The molecule has 0 bridgehead atoms. The van der Waals surface area contributed by atoms with Gasteiger partial charge in [-0.1, -0.05) is 34.6 Å². The van der Waals surface area contributed by atoms with Crippen LogP contribution in [0.5, 0.6) is 0 Å². The average Bonchev–Trinajstić information content (AvgIpc) is 3.09. The Hall–Kier alpha value is -2.86. The Kier molecular flexibility index (Phi) is 7.59. The number of alkyl halides is 3. The predicted octanol–water partition coefficient (Wildman–Crippen LogP) is 0.545. The molecule has 0 aromatic heterocycles. The van der Waals surface area contributed by atoms with Crippen LogP contribution in [0.15, 0.2) is 0 Å². The second-order valence-electron chi connectivity index (χ2n) is 11.9. The zero-order chi connectivity index (χ0) is 28.1. The van der Waals surface area contributed by atoms with Crippen molar-refractivity contribution in [3.05, 3.63) is 0 Å². The highest BCUT2D eigenvalue weighted by Gasteiger charge is 2.70. The SMILES string of the molecule is CC(C)(C)C(NC(=O)C(F)(F)F)C(=O)N1C[C@H]2[C@@H]([C@H]1C(=O)NC(CN1CCCCC1=O)C(N)=O)C2(C)C. The van der Waals surface area contributed by atoms with Gasteiger partial charge in [0, 0.05) is 26.1 Å². The van der Waals surface area contributed by atoms with Gasteiger partial charge >= 0.3 is 12.1 Å². The van der Waals surface area contributed by atoms with Gasteiger partial charge in [0.1, 0.15) is 18.1 Å². The molecule has 2 aliphatic heterocycles. The van der Waals surface area contributed by atoms with E-state index < -0.39 is 53.3 Å². The van der Waals surface area contributed by atoms with Crippen LogP contribution < -0.4 is 16.4 Å². The molecule has 1 saturated carbocycles. The Balaban J connectivity index is 1.83. The van der Waals surface area contributed by atoms with E-state index in [9.17, 15) is 37.1 Å². The summed E-state index contributed by atoms with van der Waals surface area (Å²) in [6, 6.07) is -3.81. The van der Waals surface area contributed by atoms with Crippen LogP contribution in [-0.4, -0.2) is 83.3 Å². The first-order valence-electron chi connectivity index (χ1n) is 12.4. The van der Waals surface area contributed by atoms with E-state index in [4.69, 9.17) is 5.73 Å². The highest BCUT2D eigenvalue weighted by Crippen LogP contribution is 2.65. The maximum Gasteiger partial charge on any atom is 0.471 e. The first-order valence-corrected chi connectivity index (χ1v) is 12.4. The molecule has 13 heteroatoms. The molecule has 5 atom stereocenters. The van der Waals surface area contributed by atoms with Crippen molar-refractivity contribution in [1.29, 1.82) is 0 Å². The van der Waals surface area contributed by atoms with E-state index in [-0.39, 0.29) is 36.2 Å². The smallest absolute Gasteiger partial charge is 0.368 e. The number of likely N-dealkylation sites (tertiary alicyclic amines) is 2. The van der Waals surface area contributed by atoms with Crippen LogP contribution in [0.2, 0.25) is 0 Å². The molecule has 37 heavy (non-hydrogen) atoms. The number of halogens is 3. The normalized spacial score (nSPS) is 26.7. The third kappa shape index (κ3) is 5.85. The Morgan fingerprint density at radius 2 is 1.73 bits per heavy atom. The van der Waals surface area contributed by atoms with Gasteiger partial charge in [-0.25, -0.2) is 0 Å². The average molecular weight is 532 g/mol. The third-order valence-corrected chi connectivity index (χ3v) is 7.89. The number of nitrogens with one attached hydrogen (secondary N) is 2. The summed E-state index contributed by atoms with van der Waals surface area (Å²) in [6.45, 7) is 8.84. The highest BCUT2D eigenvalue weighted by molar-refractivity contribution is 5.96. The number of hydrogen-bond acceptors (Lipinski definition) is 5. The number of nitrogens with zero attached hydrogens (tertiary/aromatic N) is 2. The Morgan fingerprint density at radius 3 is 2.24 bits per heavy atom. The number of rotatable bonds is 7. The van der Waals surface area contributed by atoms with Gasteiger partial charge in [-0.2, -0.15) is 13.2 Å². The lowest BCUT2D eigenvalue weighted by atomic mass is 9.85. The van der Waals surface area contributed by atoms with Crippen molar-refractivity contribution in [3.8, 4) is 0 Å². The first kappa shape index (κ1) is 28.7. The van der Waals surface area contributed by atoms with E-state index >= 15 is 0 Å². The van der Waals surface area contributed by atoms with Gasteiger partial charge in [-0.15, -0.1) is 0 Å². The van der Waals surface area contributed by atoms with E-state index in [0.29, 0.717) is 13.0 Å². The maximum atomic E-state index is 13.5. The molecule has 3 aliphatic rings. The number of primary amides is 1. The summed E-state index contributed by atoms with van der Waals surface area (Å²) >= 11 is 0. The van der Waals surface area contributed by atoms with E-state index in [1.165, 1.54) is 30.6 Å². The molecular weight excluding hydrogens is 495 g/mol. The van der Waals surface area contributed by atoms with E-state index in [0.717, 1.165) is 12.8 Å². The largest absolute Gasteiger partial charge is 0.471 e. The van der Waals surface area contributed by atoms with Gasteiger partial charge in [-0.05, 0) is 35.5 Å². The summed E-state index contributed by atoms with van der Waals surface area (Å²) in [7, 11) is 0. The van der Waals surface area contributed by atoms with Crippen LogP contribution >= 0.6 is 0 Å². The molecule has 3 fully saturated rings. The zero-order valence-electron chi connectivity index (χ0n) is 21.8. The number of piperidine rings is 2. The molecule has 0 spiro atoms. The topological polar surface area (TPSA) is 142 Å². The molecule has 4 N–H and O–H groups in total. The fraction of sp³-hybridized carbons (Fsp3) is 0.792. The minimum absolute atomic E-state index is 0.0816. The summed E-state index contributed by atoms with van der Waals surface area (Å²) in [5.41, 5.74) is 4.11. The van der Waals surface area contributed by atoms with Gasteiger partial charge in [0.05, 0.1) is 0 Å². The number of hydrogen-bond donors (Lipinski definition) is 3. The number of carbonyl (C=O) groups is 5. The molecule has 2 saturated heterocycles. The van der Waals surface area contributed by atoms with Crippen LogP contribution in [0.1, 0.15) is 53.9 Å². The molecule has 5 amide bonds. The molecule has 1 aliphatic carbocycles. The molecule has 2 unspecified atom stereocenters. The second kappa shape index (κ2) is 9.79. The van der Waals surface area contributed by atoms with Crippen LogP contribution in [0.3, 0.4) is 0 Å². The van der Waals surface area contributed by atoms with E-state index in [1.54, 1.807) is 5.32 Å². The molecule has 0 aromatic carbocycles. The molecule has 2 heterocycles. The van der Waals surface area contributed by atoms with Gasteiger partial charge < -0.3 is 26.2 Å². The van der Waals surface area contributed by atoms with Crippen molar-refractivity contribution in [2.45, 2.75) is 78.2 Å². The fourth-order valence-electron chi connectivity index (χ4n) is 5.58.